The molecular formula is C10H14BrNO. The van der Waals surface area contributed by atoms with Gasteiger partial charge in [0.2, 0.25) is 0 Å². The molecule has 1 aromatic carbocycles. The van der Waals surface area contributed by atoms with Crippen LogP contribution in [0.2, 0.25) is 0 Å². The van der Waals surface area contributed by atoms with Crippen LogP contribution in [-0.2, 0) is 0 Å². The fraction of sp³-hybridized carbons (Fsp3) is 0.400. The highest BCUT2D eigenvalue weighted by Gasteiger charge is 2.07. The first-order chi connectivity index (χ1) is 6.15. The molecule has 0 fully saturated rings. The van der Waals surface area contributed by atoms with E-state index >= 15 is 0 Å². The van der Waals surface area contributed by atoms with Crippen LogP contribution in [-0.4, -0.2) is 6.61 Å². The van der Waals surface area contributed by atoms with Crippen LogP contribution in [0.3, 0.4) is 0 Å². The number of benzene rings is 1. The Labute approximate surface area is 87.2 Å². The minimum atomic E-state index is 0.00894. The lowest BCUT2D eigenvalue weighted by molar-refractivity contribution is 0.334. The molecule has 0 aliphatic heterocycles. The van der Waals surface area contributed by atoms with Crippen LogP contribution < -0.4 is 10.5 Å². The zero-order valence-electron chi connectivity index (χ0n) is 7.88. The van der Waals surface area contributed by atoms with Gasteiger partial charge in [-0.05, 0) is 26.0 Å². The summed E-state index contributed by atoms with van der Waals surface area (Å²) < 4.78 is 6.48. The molecule has 72 valence electrons. The Morgan fingerprint density at radius 3 is 2.77 bits per heavy atom. The third-order valence-electron chi connectivity index (χ3n) is 1.77. The Kier molecular flexibility index (Phi) is 3.75. The lowest BCUT2D eigenvalue weighted by atomic mass is 10.1. The summed E-state index contributed by atoms with van der Waals surface area (Å²) in [6.45, 7) is 4.58. The van der Waals surface area contributed by atoms with Gasteiger partial charge in [0.25, 0.3) is 0 Å². The second-order valence-electron chi connectivity index (χ2n) is 2.90. The van der Waals surface area contributed by atoms with Crippen LogP contribution in [0.25, 0.3) is 0 Å². The topological polar surface area (TPSA) is 35.2 Å². The summed E-state index contributed by atoms with van der Waals surface area (Å²) in [4.78, 5) is 0. The highest BCUT2D eigenvalue weighted by atomic mass is 79.9. The molecule has 0 saturated heterocycles. The minimum absolute atomic E-state index is 0.00894. The van der Waals surface area contributed by atoms with Gasteiger partial charge in [0.1, 0.15) is 5.75 Å². The Bertz CT molecular complexity index is 286. The van der Waals surface area contributed by atoms with Crippen molar-refractivity contribution in [3.8, 4) is 5.75 Å². The van der Waals surface area contributed by atoms with E-state index in [1.807, 2.05) is 32.0 Å². The average Bonchev–Trinajstić information content (AvgIpc) is 2.04. The second-order valence-corrected chi connectivity index (χ2v) is 3.82. The van der Waals surface area contributed by atoms with Crippen molar-refractivity contribution < 1.29 is 4.74 Å². The molecule has 0 aliphatic rings. The Morgan fingerprint density at radius 1 is 1.54 bits per heavy atom. The van der Waals surface area contributed by atoms with E-state index in [2.05, 4.69) is 15.9 Å². The second kappa shape index (κ2) is 4.63. The first kappa shape index (κ1) is 10.5. The van der Waals surface area contributed by atoms with Crippen LogP contribution in [0.4, 0.5) is 0 Å². The van der Waals surface area contributed by atoms with Crippen LogP contribution in [0.15, 0.2) is 22.7 Å². The van der Waals surface area contributed by atoms with E-state index in [0.29, 0.717) is 6.61 Å². The summed E-state index contributed by atoms with van der Waals surface area (Å²) in [6, 6.07) is 5.91. The van der Waals surface area contributed by atoms with E-state index in [9.17, 15) is 0 Å². The zero-order chi connectivity index (χ0) is 9.84. The van der Waals surface area contributed by atoms with Crippen LogP contribution >= 0.6 is 15.9 Å². The molecule has 3 heteroatoms. The molecule has 0 spiro atoms. The third kappa shape index (κ3) is 2.71. The maximum Gasteiger partial charge on any atom is 0.125 e. The molecular weight excluding hydrogens is 230 g/mol. The lowest BCUT2D eigenvalue weighted by Crippen LogP contribution is -2.07. The van der Waals surface area contributed by atoms with Crippen molar-refractivity contribution in [2.45, 2.75) is 19.9 Å². The highest BCUT2D eigenvalue weighted by molar-refractivity contribution is 9.10. The predicted molar refractivity (Wildman–Crippen MR) is 57.9 cm³/mol. The fourth-order valence-corrected chi connectivity index (χ4v) is 1.50. The van der Waals surface area contributed by atoms with Crippen molar-refractivity contribution >= 4 is 15.9 Å². The number of hydrogen-bond acceptors (Lipinski definition) is 2. The van der Waals surface area contributed by atoms with Crippen molar-refractivity contribution in [1.82, 2.24) is 0 Å². The molecule has 0 radical (unpaired) electrons. The largest absolute Gasteiger partial charge is 0.493 e. The summed E-state index contributed by atoms with van der Waals surface area (Å²) in [5.74, 6) is 0.867. The van der Waals surface area contributed by atoms with Gasteiger partial charge in [0, 0.05) is 16.1 Å². The molecule has 2 nitrogen and oxygen atoms in total. The number of ether oxygens (including phenoxy) is 1. The van der Waals surface area contributed by atoms with Gasteiger partial charge < -0.3 is 10.5 Å². The monoisotopic (exact) mass is 243 g/mol. The van der Waals surface area contributed by atoms with Gasteiger partial charge in [-0.2, -0.15) is 0 Å². The Morgan fingerprint density at radius 2 is 2.23 bits per heavy atom. The van der Waals surface area contributed by atoms with Crippen molar-refractivity contribution in [2.24, 2.45) is 5.73 Å². The fourth-order valence-electron chi connectivity index (χ4n) is 1.16. The summed E-state index contributed by atoms with van der Waals surface area (Å²) in [7, 11) is 0. The Hall–Kier alpha value is -0.540. The normalized spacial score (nSPS) is 12.6. The number of rotatable bonds is 3. The molecule has 0 unspecified atom stereocenters. The number of hydrogen-bond donors (Lipinski definition) is 1. The number of halogens is 1. The minimum Gasteiger partial charge on any atom is -0.493 e. The van der Waals surface area contributed by atoms with Crippen molar-refractivity contribution in [2.75, 3.05) is 6.61 Å². The van der Waals surface area contributed by atoms with Gasteiger partial charge in [0.05, 0.1) is 6.61 Å². The van der Waals surface area contributed by atoms with Crippen LogP contribution in [0.5, 0.6) is 5.75 Å². The molecule has 2 N–H and O–H groups in total. The first-order valence-electron chi connectivity index (χ1n) is 4.33. The van der Waals surface area contributed by atoms with E-state index in [-0.39, 0.29) is 6.04 Å². The maximum atomic E-state index is 5.80. The van der Waals surface area contributed by atoms with E-state index in [0.717, 1.165) is 15.8 Å². The van der Waals surface area contributed by atoms with E-state index < -0.39 is 0 Å². The molecule has 1 rings (SSSR count). The molecule has 0 saturated carbocycles. The van der Waals surface area contributed by atoms with Gasteiger partial charge in [-0.15, -0.1) is 0 Å². The van der Waals surface area contributed by atoms with Crippen molar-refractivity contribution in [3.05, 3.63) is 28.2 Å². The summed E-state index contributed by atoms with van der Waals surface area (Å²) in [5.41, 5.74) is 6.85. The molecule has 0 amide bonds. The van der Waals surface area contributed by atoms with E-state index in [4.69, 9.17) is 10.5 Å². The molecule has 1 atom stereocenters. The Balaban J connectivity index is 3.03. The highest BCUT2D eigenvalue weighted by Crippen LogP contribution is 2.27. The lowest BCUT2D eigenvalue weighted by Gasteiger charge is -2.12. The quantitative estimate of drug-likeness (QED) is 0.887. The third-order valence-corrected chi connectivity index (χ3v) is 2.26. The molecule has 1 aromatic rings. The molecule has 0 bridgehead atoms. The van der Waals surface area contributed by atoms with Crippen molar-refractivity contribution in [1.29, 1.82) is 0 Å². The zero-order valence-corrected chi connectivity index (χ0v) is 9.47. The van der Waals surface area contributed by atoms with Gasteiger partial charge in [0.15, 0.2) is 0 Å². The van der Waals surface area contributed by atoms with Gasteiger partial charge in [-0.3, -0.25) is 0 Å². The first-order valence-corrected chi connectivity index (χ1v) is 5.12. The van der Waals surface area contributed by atoms with Crippen LogP contribution in [0, 0.1) is 0 Å². The summed E-state index contributed by atoms with van der Waals surface area (Å²) in [6.07, 6.45) is 0. The van der Waals surface area contributed by atoms with Gasteiger partial charge >= 0.3 is 0 Å². The maximum absolute atomic E-state index is 5.80. The van der Waals surface area contributed by atoms with Crippen LogP contribution in [0.1, 0.15) is 25.5 Å². The summed E-state index contributed by atoms with van der Waals surface area (Å²) >= 11 is 3.39. The SMILES string of the molecule is CCOc1cc(Br)ccc1[C@H](C)N. The standard InChI is InChI=1S/C10H14BrNO/c1-3-13-10-6-8(11)4-5-9(10)7(2)12/h4-7H,3,12H2,1-2H3/t7-/m0/s1. The van der Waals surface area contributed by atoms with E-state index in [1.165, 1.54) is 0 Å². The van der Waals surface area contributed by atoms with E-state index in [1.54, 1.807) is 0 Å². The average molecular weight is 244 g/mol. The summed E-state index contributed by atoms with van der Waals surface area (Å²) in [5, 5.41) is 0. The smallest absolute Gasteiger partial charge is 0.125 e. The number of nitrogens with two attached hydrogens (primary N) is 1. The molecule has 0 heterocycles. The predicted octanol–water partition coefficient (Wildman–Crippen LogP) is 2.87. The van der Waals surface area contributed by atoms with Gasteiger partial charge in [-0.1, -0.05) is 22.0 Å². The van der Waals surface area contributed by atoms with Gasteiger partial charge in [-0.25, -0.2) is 0 Å². The molecule has 0 aromatic heterocycles. The molecule has 0 aliphatic carbocycles. The molecule has 13 heavy (non-hydrogen) atoms. The van der Waals surface area contributed by atoms with Crippen molar-refractivity contribution in [3.63, 3.8) is 0 Å².